The van der Waals surface area contributed by atoms with Crippen LogP contribution in [0, 0.1) is 0 Å². The van der Waals surface area contributed by atoms with Crippen LogP contribution < -0.4 is 5.32 Å². The maximum atomic E-state index is 11.7. The van der Waals surface area contributed by atoms with Gasteiger partial charge in [0.05, 0.1) is 5.52 Å². The van der Waals surface area contributed by atoms with Gasteiger partial charge in [-0.3, -0.25) is 4.79 Å². The zero-order valence-corrected chi connectivity index (χ0v) is 19.6. The topological polar surface area (TPSA) is 72.7 Å². The fourth-order valence-electron chi connectivity index (χ4n) is 3.63. The van der Waals surface area contributed by atoms with E-state index in [1.807, 2.05) is 30.3 Å². The summed E-state index contributed by atoms with van der Waals surface area (Å²) in [5, 5.41) is 14.2. The van der Waals surface area contributed by atoms with E-state index in [2.05, 4.69) is 45.2 Å². The van der Waals surface area contributed by atoms with E-state index in [1.54, 1.807) is 11.8 Å². The summed E-state index contributed by atoms with van der Waals surface area (Å²) in [5.41, 5.74) is 3.81. The molecule has 0 aliphatic carbocycles. The molecule has 0 fully saturated rings. The Morgan fingerprint density at radius 3 is 2.84 bits per heavy atom. The van der Waals surface area contributed by atoms with Crippen LogP contribution in [0.3, 0.4) is 0 Å². The number of benzene rings is 2. The van der Waals surface area contributed by atoms with Crippen LogP contribution in [0.15, 0.2) is 53.7 Å². The van der Waals surface area contributed by atoms with Crippen LogP contribution in [0.2, 0.25) is 5.02 Å². The van der Waals surface area contributed by atoms with E-state index in [0.717, 1.165) is 64.2 Å². The summed E-state index contributed by atoms with van der Waals surface area (Å²) in [4.78, 5) is 16.6. The quantitative estimate of drug-likeness (QED) is 0.247. The normalized spacial score (nSPS) is 11.3. The van der Waals surface area contributed by atoms with Crippen molar-refractivity contribution in [1.29, 1.82) is 0 Å². The van der Waals surface area contributed by atoms with Crippen molar-refractivity contribution < 1.29 is 4.79 Å². The summed E-state index contributed by atoms with van der Waals surface area (Å²) in [6.07, 6.45) is 3.30. The molecule has 0 atom stereocenters. The van der Waals surface area contributed by atoms with Crippen molar-refractivity contribution in [3.8, 4) is 0 Å². The van der Waals surface area contributed by atoms with Crippen LogP contribution in [0.5, 0.6) is 0 Å². The molecule has 6 nitrogen and oxygen atoms in total. The Morgan fingerprint density at radius 1 is 1.12 bits per heavy atom. The molecule has 1 N–H and O–H groups in total. The molecule has 2 aromatic heterocycles. The Hall–Kier alpha value is -2.64. The molecule has 2 heterocycles. The molecule has 8 heteroatoms. The summed E-state index contributed by atoms with van der Waals surface area (Å²) in [7, 11) is 0. The summed E-state index contributed by atoms with van der Waals surface area (Å²) < 4.78 is 2.17. The number of para-hydroxylation sites is 1. The first kappa shape index (κ1) is 22.6. The predicted molar refractivity (Wildman–Crippen MR) is 131 cm³/mol. The Morgan fingerprint density at radius 2 is 2.00 bits per heavy atom. The van der Waals surface area contributed by atoms with Gasteiger partial charge in [-0.25, -0.2) is 4.98 Å². The molecule has 0 aliphatic heterocycles. The van der Waals surface area contributed by atoms with Crippen LogP contribution in [-0.2, 0) is 11.3 Å². The Kier molecular flexibility index (Phi) is 7.60. The van der Waals surface area contributed by atoms with E-state index in [-0.39, 0.29) is 5.91 Å². The van der Waals surface area contributed by atoms with E-state index in [0.29, 0.717) is 18.1 Å². The van der Waals surface area contributed by atoms with Gasteiger partial charge in [0, 0.05) is 35.7 Å². The van der Waals surface area contributed by atoms with Crippen molar-refractivity contribution in [2.45, 2.75) is 44.3 Å². The Balaban J connectivity index is 1.50. The lowest BCUT2D eigenvalue weighted by Gasteiger charge is -2.08. The average Bonchev–Trinajstić information content (AvgIpc) is 3.10. The molecule has 0 radical (unpaired) electrons. The molecule has 0 aliphatic rings. The summed E-state index contributed by atoms with van der Waals surface area (Å²) in [6, 6.07) is 16.0. The van der Waals surface area contributed by atoms with Crippen molar-refractivity contribution in [3.05, 3.63) is 59.1 Å². The van der Waals surface area contributed by atoms with Crippen LogP contribution in [0.25, 0.3) is 22.1 Å². The zero-order chi connectivity index (χ0) is 22.3. The number of hydrogen-bond acceptors (Lipinski definition) is 5. The van der Waals surface area contributed by atoms with Gasteiger partial charge < -0.3 is 9.88 Å². The van der Waals surface area contributed by atoms with Gasteiger partial charge in [-0.2, -0.15) is 0 Å². The maximum Gasteiger partial charge on any atom is 0.219 e. The fraction of sp³-hybridized carbons (Fsp3) is 0.333. The monoisotopic (exact) mass is 467 g/mol. The van der Waals surface area contributed by atoms with Gasteiger partial charge in [0.2, 0.25) is 11.1 Å². The van der Waals surface area contributed by atoms with Gasteiger partial charge >= 0.3 is 0 Å². The molecule has 166 valence electrons. The van der Waals surface area contributed by atoms with Gasteiger partial charge in [0.25, 0.3) is 0 Å². The number of halogens is 1. The second-order valence-corrected chi connectivity index (χ2v) is 9.15. The predicted octanol–water partition coefficient (Wildman–Crippen LogP) is 5.47. The number of unbranched alkanes of at least 4 members (excludes halogenated alkanes) is 1. The number of nitrogens with one attached hydrogen (secondary N) is 1. The summed E-state index contributed by atoms with van der Waals surface area (Å²) in [6.45, 7) is 3.45. The maximum absolute atomic E-state index is 11.7. The number of amides is 1. The lowest BCUT2D eigenvalue weighted by molar-refractivity contribution is -0.121. The molecule has 4 aromatic rings. The van der Waals surface area contributed by atoms with Crippen molar-refractivity contribution in [3.63, 3.8) is 0 Å². The van der Waals surface area contributed by atoms with Gasteiger partial charge in [-0.1, -0.05) is 60.6 Å². The second kappa shape index (κ2) is 10.8. The van der Waals surface area contributed by atoms with Crippen LogP contribution in [0.1, 0.15) is 38.2 Å². The third-order valence-electron chi connectivity index (χ3n) is 5.19. The molecular weight excluding hydrogens is 442 g/mol. The highest BCUT2D eigenvalue weighted by Gasteiger charge is 2.15. The first-order valence-electron chi connectivity index (χ1n) is 10.9. The molecule has 0 bridgehead atoms. The van der Waals surface area contributed by atoms with E-state index in [9.17, 15) is 4.79 Å². The van der Waals surface area contributed by atoms with Crippen LogP contribution in [0.4, 0.5) is 0 Å². The third-order valence-corrected chi connectivity index (χ3v) is 6.34. The Labute approximate surface area is 196 Å². The first-order valence-corrected chi connectivity index (χ1v) is 12.3. The number of nitrogens with zero attached hydrogens (tertiary/aromatic N) is 4. The minimum Gasteiger partial charge on any atom is -0.356 e. The molecule has 0 unspecified atom stereocenters. The van der Waals surface area contributed by atoms with E-state index >= 15 is 0 Å². The van der Waals surface area contributed by atoms with Crippen molar-refractivity contribution in [2.75, 3.05) is 12.3 Å². The molecule has 0 saturated heterocycles. The number of thioether (sulfide) groups is 1. The van der Waals surface area contributed by atoms with E-state index in [4.69, 9.17) is 16.6 Å². The third kappa shape index (κ3) is 5.40. The van der Waals surface area contributed by atoms with Crippen LogP contribution in [-0.4, -0.2) is 38.0 Å². The number of carbonyl (C=O) groups is 1. The van der Waals surface area contributed by atoms with Gasteiger partial charge in [-0.05, 0) is 43.0 Å². The number of rotatable bonds is 10. The highest BCUT2D eigenvalue weighted by Crippen LogP contribution is 2.28. The lowest BCUT2D eigenvalue weighted by atomic mass is 10.2. The summed E-state index contributed by atoms with van der Waals surface area (Å²) >= 11 is 7.78. The number of fused-ring (bicyclic) bond motifs is 3. The first-order chi connectivity index (χ1) is 15.7. The minimum atomic E-state index is 0.127. The van der Waals surface area contributed by atoms with Gasteiger partial charge in [0.15, 0.2) is 5.65 Å². The van der Waals surface area contributed by atoms with E-state index in [1.165, 1.54) is 0 Å². The Bertz CT molecular complexity index is 1230. The van der Waals surface area contributed by atoms with Gasteiger partial charge in [0.1, 0.15) is 5.52 Å². The molecule has 2 aromatic carbocycles. The molecule has 0 spiro atoms. The van der Waals surface area contributed by atoms with Crippen molar-refractivity contribution in [2.24, 2.45) is 0 Å². The number of carbonyl (C=O) groups excluding carboxylic acids is 1. The average molecular weight is 468 g/mol. The van der Waals surface area contributed by atoms with Crippen molar-refractivity contribution in [1.82, 2.24) is 25.1 Å². The van der Waals surface area contributed by atoms with E-state index < -0.39 is 0 Å². The summed E-state index contributed by atoms with van der Waals surface area (Å²) in [5.74, 6) is 0.977. The molecular formula is C24H26ClN5OS. The zero-order valence-electron chi connectivity index (χ0n) is 18.1. The SMILES string of the molecule is CCCNC(=O)CCCCSc1nnc2c3ccccc3n(Cc3cccc(Cl)c3)c2n1. The van der Waals surface area contributed by atoms with Crippen LogP contribution >= 0.6 is 23.4 Å². The lowest BCUT2D eigenvalue weighted by Crippen LogP contribution is -2.23. The number of aromatic nitrogens is 4. The number of hydrogen-bond donors (Lipinski definition) is 1. The highest BCUT2D eigenvalue weighted by molar-refractivity contribution is 7.99. The minimum absolute atomic E-state index is 0.127. The van der Waals surface area contributed by atoms with Gasteiger partial charge in [-0.15, -0.1) is 10.2 Å². The highest BCUT2D eigenvalue weighted by atomic mass is 35.5. The molecule has 1 amide bonds. The second-order valence-electron chi connectivity index (χ2n) is 7.66. The molecule has 4 rings (SSSR count). The smallest absolute Gasteiger partial charge is 0.219 e. The standard InChI is InChI=1S/C24H26ClN5OS/c1-2-13-26-21(31)12-5-6-14-32-24-27-23-22(28-29-24)19-10-3-4-11-20(19)30(23)16-17-8-7-9-18(25)15-17/h3-4,7-11,15H,2,5-6,12-14,16H2,1H3,(H,26,31). The molecule has 0 saturated carbocycles. The largest absolute Gasteiger partial charge is 0.356 e. The molecule has 32 heavy (non-hydrogen) atoms. The van der Waals surface area contributed by atoms with Crippen molar-refractivity contribution >= 4 is 51.3 Å². The fourth-order valence-corrected chi connectivity index (χ4v) is 4.63.